The molecule has 31 heavy (non-hydrogen) atoms. The third-order valence-electron chi connectivity index (χ3n) is 5.76. The summed E-state index contributed by atoms with van der Waals surface area (Å²) in [5.74, 6) is 0. The van der Waals surface area contributed by atoms with Crippen LogP contribution in [0.15, 0.2) is 23.1 Å². The highest BCUT2D eigenvalue weighted by atomic mass is 32.2. The number of hydrogen-bond donors (Lipinski definition) is 1. The summed E-state index contributed by atoms with van der Waals surface area (Å²) in [6.07, 6.45) is -0.443. The summed E-state index contributed by atoms with van der Waals surface area (Å²) in [5, 5.41) is 0. The molecule has 8 nitrogen and oxygen atoms in total. The lowest BCUT2D eigenvalue weighted by Crippen LogP contribution is -2.61. The molecule has 1 aromatic rings. The molecule has 2 fully saturated rings. The predicted octanol–water partition coefficient (Wildman–Crippen LogP) is 2.19. The summed E-state index contributed by atoms with van der Waals surface area (Å²) in [6.45, 7) is 15.6. The summed E-state index contributed by atoms with van der Waals surface area (Å²) >= 11 is 0. The molecule has 0 radical (unpaired) electrons. The Hall–Kier alpha value is -1.62. The molecular weight excluding hydrogens is 419 g/mol. The number of ether oxygens (including phenoxy) is 1. The van der Waals surface area contributed by atoms with E-state index in [1.54, 1.807) is 32.9 Å². The van der Waals surface area contributed by atoms with Gasteiger partial charge in [0.25, 0.3) is 0 Å². The average Bonchev–Trinajstić information content (AvgIpc) is 2.76. The zero-order chi connectivity index (χ0) is 23.4. The van der Waals surface area contributed by atoms with Crippen molar-refractivity contribution in [2.24, 2.45) is 0 Å². The van der Waals surface area contributed by atoms with Crippen molar-refractivity contribution >= 4 is 28.7 Å². The lowest BCUT2D eigenvalue weighted by molar-refractivity contribution is 0.00578. The molecule has 10 heteroatoms. The Kier molecular flexibility index (Phi) is 6.01. The van der Waals surface area contributed by atoms with E-state index in [0.717, 1.165) is 5.56 Å². The molecule has 0 spiro atoms. The molecule has 2 aliphatic heterocycles. The van der Waals surface area contributed by atoms with Crippen LogP contribution in [0.3, 0.4) is 0 Å². The van der Waals surface area contributed by atoms with Crippen LogP contribution in [0.25, 0.3) is 0 Å². The van der Waals surface area contributed by atoms with Gasteiger partial charge in [0.2, 0.25) is 10.0 Å². The number of nitrogens with zero attached hydrogens (tertiary/aromatic N) is 1. The minimum Gasteiger partial charge on any atom is -0.444 e. The molecular formula is C21H33BN2O6S. The highest BCUT2D eigenvalue weighted by Crippen LogP contribution is 2.36. The molecule has 1 aromatic carbocycles. The molecule has 1 amide bonds. The van der Waals surface area contributed by atoms with E-state index in [1.165, 1.54) is 4.90 Å². The Bertz CT molecular complexity index is 949. The van der Waals surface area contributed by atoms with Gasteiger partial charge in [-0.2, -0.15) is 0 Å². The van der Waals surface area contributed by atoms with Crippen molar-refractivity contribution in [2.45, 2.75) is 83.1 Å². The van der Waals surface area contributed by atoms with E-state index in [1.807, 2.05) is 40.7 Å². The summed E-state index contributed by atoms with van der Waals surface area (Å²) in [4.78, 5) is 13.7. The average molecular weight is 452 g/mol. The Morgan fingerprint density at radius 2 is 1.68 bits per heavy atom. The molecule has 2 heterocycles. The fourth-order valence-electron chi connectivity index (χ4n) is 3.36. The van der Waals surface area contributed by atoms with Gasteiger partial charge in [-0.25, -0.2) is 17.9 Å². The molecule has 0 saturated carbocycles. The molecule has 2 aliphatic rings. The molecule has 3 rings (SSSR count). The number of carbonyl (C=O) groups is 1. The number of carbonyl (C=O) groups excluding carboxylic acids is 1. The number of nitrogens with one attached hydrogen (secondary N) is 1. The quantitative estimate of drug-likeness (QED) is 0.704. The van der Waals surface area contributed by atoms with Gasteiger partial charge in [0, 0.05) is 13.1 Å². The number of likely N-dealkylation sites (tertiary alicyclic amines) is 1. The van der Waals surface area contributed by atoms with Crippen molar-refractivity contribution in [1.29, 1.82) is 0 Å². The molecule has 0 bridgehead atoms. The zero-order valence-corrected chi connectivity index (χ0v) is 20.4. The van der Waals surface area contributed by atoms with Crippen molar-refractivity contribution in [3.05, 3.63) is 23.8 Å². The van der Waals surface area contributed by atoms with Crippen LogP contribution in [0.5, 0.6) is 0 Å². The number of amides is 1. The van der Waals surface area contributed by atoms with Crippen LogP contribution in [0, 0.1) is 6.92 Å². The van der Waals surface area contributed by atoms with Crippen molar-refractivity contribution in [3.8, 4) is 0 Å². The maximum absolute atomic E-state index is 13.0. The second-order valence-corrected chi connectivity index (χ2v) is 12.1. The normalized spacial score (nSPS) is 21.2. The van der Waals surface area contributed by atoms with E-state index in [4.69, 9.17) is 14.0 Å². The number of sulfonamides is 1. The van der Waals surface area contributed by atoms with E-state index >= 15 is 0 Å². The van der Waals surface area contributed by atoms with Gasteiger partial charge in [-0.3, -0.25) is 0 Å². The molecule has 1 N–H and O–H groups in total. The lowest BCUT2D eigenvalue weighted by atomic mass is 9.78. The van der Waals surface area contributed by atoms with Gasteiger partial charge in [-0.05, 0) is 73.0 Å². The van der Waals surface area contributed by atoms with E-state index in [2.05, 4.69) is 4.72 Å². The van der Waals surface area contributed by atoms with Crippen molar-refractivity contribution in [3.63, 3.8) is 0 Å². The van der Waals surface area contributed by atoms with Crippen molar-refractivity contribution in [1.82, 2.24) is 9.62 Å². The molecule has 0 atom stereocenters. The molecule has 172 valence electrons. The third kappa shape index (κ3) is 5.24. The SMILES string of the molecule is Cc1cc(B2OC(C)(C)C(C)(C)O2)cc(S(=O)(=O)NC2CN(C(=O)OC(C)(C)C)C2)c1. The van der Waals surface area contributed by atoms with Crippen molar-refractivity contribution < 1.29 is 27.3 Å². The van der Waals surface area contributed by atoms with Crippen LogP contribution in [0.1, 0.15) is 54.0 Å². The van der Waals surface area contributed by atoms with E-state index in [9.17, 15) is 13.2 Å². The first kappa shape index (κ1) is 24.0. The second-order valence-electron chi connectivity index (χ2n) is 10.4. The lowest BCUT2D eigenvalue weighted by Gasteiger charge is -2.39. The van der Waals surface area contributed by atoms with Gasteiger partial charge in [-0.1, -0.05) is 11.6 Å². The summed E-state index contributed by atoms with van der Waals surface area (Å²) < 4.78 is 46.1. The fraction of sp³-hybridized carbons (Fsp3) is 0.667. The number of benzene rings is 1. The minimum absolute atomic E-state index is 0.146. The summed E-state index contributed by atoms with van der Waals surface area (Å²) in [7, 11) is -4.42. The van der Waals surface area contributed by atoms with Crippen molar-refractivity contribution in [2.75, 3.05) is 13.1 Å². The second kappa shape index (κ2) is 7.76. The number of rotatable bonds is 4. The van der Waals surface area contributed by atoms with Crippen LogP contribution in [-0.2, 0) is 24.1 Å². The zero-order valence-electron chi connectivity index (χ0n) is 19.6. The van der Waals surface area contributed by atoms with Gasteiger partial charge < -0.3 is 18.9 Å². The maximum Gasteiger partial charge on any atom is 0.494 e. The van der Waals surface area contributed by atoms with E-state index < -0.39 is 40.0 Å². The van der Waals surface area contributed by atoms with Gasteiger partial charge in [0.15, 0.2) is 0 Å². The predicted molar refractivity (Wildman–Crippen MR) is 119 cm³/mol. The topological polar surface area (TPSA) is 94.2 Å². The first-order chi connectivity index (χ1) is 14.0. The van der Waals surface area contributed by atoms with Gasteiger partial charge in [0.05, 0.1) is 22.1 Å². The molecule has 0 aliphatic carbocycles. The highest BCUT2D eigenvalue weighted by Gasteiger charge is 2.52. The first-order valence-corrected chi connectivity index (χ1v) is 11.9. The Morgan fingerprint density at radius 1 is 1.13 bits per heavy atom. The smallest absolute Gasteiger partial charge is 0.444 e. The van der Waals surface area contributed by atoms with Crippen LogP contribution in [0.2, 0.25) is 0 Å². The Morgan fingerprint density at radius 3 is 2.19 bits per heavy atom. The van der Waals surface area contributed by atoms with E-state index in [-0.39, 0.29) is 24.0 Å². The first-order valence-electron chi connectivity index (χ1n) is 10.5. The number of hydrogen-bond acceptors (Lipinski definition) is 6. The Balaban J connectivity index is 1.70. The molecule has 0 unspecified atom stereocenters. The van der Waals surface area contributed by atoms with Crippen LogP contribution in [0.4, 0.5) is 4.79 Å². The van der Waals surface area contributed by atoms with Gasteiger partial charge in [0.1, 0.15) is 5.60 Å². The number of aryl methyl sites for hydroxylation is 1. The standard InChI is InChI=1S/C21H33BN2O6S/c1-14-9-15(22-29-20(5,6)21(7,8)30-22)11-17(10-14)31(26,27)23-16-12-24(13-16)18(25)28-19(2,3)4/h9-11,16,23H,12-13H2,1-8H3. The fourth-order valence-corrected chi connectivity index (χ4v) is 4.72. The molecule has 2 saturated heterocycles. The summed E-state index contributed by atoms with van der Waals surface area (Å²) in [5.41, 5.74) is -0.182. The maximum atomic E-state index is 13.0. The van der Waals surface area contributed by atoms with Crippen LogP contribution >= 0.6 is 0 Å². The minimum atomic E-state index is -3.78. The largest absolute Gasteiger partial charge is 0.494 e. The monoisotopic (exact) mass is 452 g/mol. The third-order valence-corrected chi connectivity index (χ3v) is 7.26. The van der Waals surface area contributed by atoms with Gasteiger partial charge in [-0.15, -0.1) is 0 Å². The van der Waals surface area contributed by atoms with Crippen LogP contribution < -0.4 is 10.2 Å². The molecule has 0 aromatic heterocycles. The summed E-state index contributed by atoms with van der Waals surface area (Å²) in [6, 6.07) is 4.70. The highest BCUT2D eigenvalue weighted by molar-refractivity contribution is 7.89. The Labute approximate surface area is 185 Å². The van der Waals surface area contributed by atoms with Crippen LogP contribution in [-0.4, -0.2) is 62.5 Å². The van der Waals surface area contributed by atoms with Gasteiger partial charge >= 0.3 is 13.2 Å². The van der Waals surface area contributed by atoms with E-state index in [0.29, 0.717) is 5.46 Å².